The van der Waals surface area contributed by atoms with Gasteiger partial charge in [0.05, 0.1) is 34.6 Å². The highest BCUT2D eigenvalue weighted by atomic mass is 79.9. The maximum atomic E-state index is 8.84. The number of hydrogen-bond acceptors (Lipinski definition) is 3. The summed E-state index contributed by atoms with van der Waals surface area (Å²) in [4.78, 5) is 4.31. The molecule has 0 saturated carbocycles. The SMILES string of the molecule is N#Cc1ccc(Cl)c(NCc2cccc(Br)n2)c1. The fourth-order valence-corrected chi connectivity index (χ4v) is 2.03. The number of hydrogen-bond donors (Lipinski definition) is 1. The number of rotatable bonds is 3. The van der Waals surface area contributed by atoms with Crippen LogP contribution in [0.5, 0.6) is 0 Å². The van der Waals surface area contributed by atoms with E-state index in [0.717, 1.165) is 16.0 Å². The van der Waals surface area contributed by atoms with Crippen molar-refractivity contribution in [1.29, 1.82) is 5.26 Å². The van der Waals surface area contributed by atoms with E-state index in [0.29, 0.717) is 17.1 Å². The van der Waals surface area contributed by atoms with E-state index in [1.54, 1.807) is 18.2 Å². The summed E-state index contributed by atoms with van der Waals surface area (Å²) in [6.45, 7) is 0.550. The summed E-state index contributed by atoms with van der Waals surface area (Å²) in [5.41, 5.74) is 2.20. The molecule has 1 N–H and O–H groups in total. The molecule has 18 heavy (non-hydrogen) atoms. The number of anilines is 1. The Bertz CT molecular complexity index is 607. The lowest BCUT2D eigenvalue weighted by atomic mass is 10.2. The Hall–Kier alpha value is -1.57. The minimum Gasteiger partial charge on any atom is -0.378 e. The maximum absolute atomic E-state index is 8.84. The number of pyridine rings is 1. The molecule has 0 amide bonds. The Kier molecular flexibility index (Phi) is 4.19. The van der Waals surface area contributed by atoms with Gasteiger partial charge >= 0.3 is 0 Å². The molecule has 5 heteroatoms. The van der Waals surface area contributed by atoms with Crippen molar-refractivity contribution in [2.75, 3.05) is 5.32 Å². The smallest absolute Gasteiger partial charge is 0.106 e. The molecule has 2 rings (SSSR count). The van der Waals surface area contributed by atoms with E-state index >= 15 is 0 Å². The molecule has 0 aliphatic rings. The molecule has 90 valence electrons. The first-order chi connectivity index (χ1) is 8.69. The summed E-state index contributed by atoms with van der Waals surface area (Å²) in [5.74, 6) is 0. The molecule has 1 heterocycles. The zero-order chi connectivity index (χ0) is 13.0. The lowest BCUT2D eigenvalue weighted by Crippen LogP contribution is -2.02. The molecule has 0 bridgehead atoms. The summed E-state index contributed by atoms with van der Waals surface area (Å²) in [7, 11) is 0. The van der Waals surface area contributed by atoms with E-state index in [9.17, 15) is 0 Å². The van der Waals surface area contributed by atoms with Crippen LogP contribution in [0.15, 0.2) is 41.0 Å². The molecular weight excluding hydrogens is 314 g/mol. The summed E-state index contributed by atoms with van der Waals surface area (Å²) in [6, 6.07) is 12.9. The van der Waals surface area contributed by atoms with Gasteiger partial charge in [0.1, 0.15) is 4.60 Å². The van der Waals surface area contributed by atoms with Crippen LogP contribution in [-0.4, -0.2) is 4.98 Å². The van der Waals surface area contributed by atoms with Crippen molar-refractivity contribution in [1.82, 2.24) is 4.98 Å². The average Bonchev–Trinajstić information content (AvgIpc) is 2.38. The number of benzene rings is 1. The molecule has 0 atom stereocenters. The van der Waals surface area contributed by atoms with Gasteiger partial charge in [-0.05, 0) is 46.3 Å². The second-order valence-electron chi connectivity index (χ2n) is 3.61. The highest BCUT2D eigenvalue weighted by Crippen LogP contribution is 2.23. The fourth-order valence-electron chi connectivity index (χ4n) is 1.46. The van der Waals surface area contributed by atoms with Crippen molar-refractivity contribution in [2.45, 2.75) is 6.54 Å². The van der Waals surface area contributed by atoms with Crippen LogP contribution in [0.3, 0.4) is 0 Å². The number of aromatic nitrogens is 1. The average molecular weight is 323 g/mol. The van der Waals surface area contributed by atoms with Gasteiger partial charge < -0.3 is 5.32 Å². The van der Waals surface area contributed by atoms with Gasteiger partial charge in [0.25, 0.3) is 0 Å². The third-order valence-corrected chi connectivity index (χ3v) is 3.10. The van der Waals surface area contributed by atoms with Gasteiger partial charge in [0.15, 0.2) is 0 Å². The molecular formula is C13H9BrClN3. The van der Waals surface area contributed by atoms with Gasteiger partial charge in [0.2, 0.25) is 0 Å². The number of nitrogens with zero attached hydrogens (tertiary/aromatic N) is 2. The third kappa shape index (κ3) is 3.22. The van der Waals surface area contributed by atoms with Crippen molar-refractivity contribution in [3.63, 3.8) is 0 Å². The minimum atomic E-state index is 0.550. The first-order valence-corrected chi connectivity index (χ1v) is 6.41. The second-order valence-corrected chi connectivity index (χ2v) is 4.83. The Labute approximate surface area is 119 Å². The summed E-state index contributed by atoms with van der Waals surface area (Å²) in [5, 5.41) is 12.6. The molecule has 0 unspecified atom stereocenters. The zero-order valence-corrected chi connectivity index (χ0v) is 11.7. The van der Waals surface area contributed by atoms with Crippen molar-refractivity contribution >= 4 is 33.2 Å². The molecule has 1 aromatic carbocycles. The topological polar surface area (TPSA) is 48.7 Å². The summed E-state index contributed by atoms with van der Waals surface area (Å²) >= 11 is 9.37. The first kappa shape index (κ1) is 12.9. The van der Waals surface area contributed by atoms with Crippen LogP contribution in [-0.2, 0) is 6.54 Å². The van der Waals surface area contributed by atoms with E-state index in [1.807, 2.05) is 18.2 Å². The zero-order valence-electron chi connectivity index (χ0n) is 9.32. The molecule has 0 aliphatic heterocycles. The van der Waals surface area contributed by atoms with Crippen molar-refractivity contribution in [3.8, 4) is 6.07 Å². The fraction of sp³-hybridized carbons (Fsp3) is 0.0769. The van der Waals surface area contributed by atoms with Crippen LogP contribution in [0.4, 0.5) is 5.69 Å². The first-order valence-electron chi connectivity index (χ1n) is 5.24. The van der Waals surface area contributed by atoms with Gasteiger partial charge in [-0.3, -0.25) is 0 Å². The van der Waals surface area contributed by atoms with E-state index in [4.69, 9.17) is 16.9 Å². The Balaban J connectivity index is 2.13. The van der Waals surface area contributed by atoms with Gasteiger partial charge in [-0.25, -0.2) is 4.98 Å². The molecule has 0 radical (unpaired) electrons. The van der Waals surface area contributed by atoms with Gasteiger partial charge in [-0.1, -0.05) is 17.7 Å². The Morgan fingerprint density at radius 3 is 2.89 bits per heavy atom. The van der Waals surface area contributed by atoms with Crippen molar-refractivity contribution in [3.05, 3.63) is 57.3 Å². The van der Waals surface area contributed by atoms with Crippen LogP contribution in [0.2, 0.25) is 5.02 Å². The molecule has 0 aliphatic carbocycles. The van der Waals surface area contributed by atoms with Gasteiger partial charge in [-0.15, -0.1) is 0 Å². The quantitative estimate of drug-likeness (QED) is 0.870. The summed E-state index contributed by atoms with van der Waals surface area (Å²) < 4.78 is 0.790. The molecule has 3 nitrogen and oxygen atoms in total. The Morgan fingerprint density at radius 2 is 2.17 bits per heavy atom. The van der Waals surface area contributed by atoms with E-state index in [-0.39, 0.29) is 0 Å². The molecule has 0 spiro atoms. The van der Waals surface area contributed by atoms with E-state index in [2.05, 4.69) is 32.3 Å². The lowest BCUT2D eigenvalue weighted by molar-refractivity contribution is 1.03. The van der Waals surface area contributed by atoms with Crippen molar-refractivity contribution in [2.24, 2.45) is 0 Å². The molecule has 0 saturated heterocycles. The number of nitrogens with one attached hydrogen (secondary N) is 1. The van der Waals surface area contributed by atoms with Crippen LogP contribution in [0.1, 0.15) is 11.3 Å². The normalized spacial score (nSPS) is 9.83. The molecule has 2 aromatic rings. The van der Waals surface area contributed by atoms with Crippen LogP contribution in [0.25, 0.3) is 0 Å². The number of halogens is 2. The Morgan fingerprint density at radius 1 is 1.33 bits per heavy atom. The minimum absolute atomic E-state index is 0.550. The predicted molar refractivity (Wildman–Crippen MR) is 75.4 cm³/mol. The largest absolute Gasteiger partial charge is 0.378 e. The van der Waals surface area contributed by atoms with E-state index < -0.39 is 0 Å². The lowest BCUT2D eigenvalue weighted by Gasteiger charge is -2.08. The predicted octanol–water partition coefficient (Wildman–Crippen LogP) is 3.98. The second kappa shape index (κ2) is 5.85. The van der Waals surface area contributed by atoms with Crippen molar-refractivity contribution < 1.29 is 0 Å². The number of nitriles is 1. The maximum Gasteiger partial charge on any atom is 0.106 e. The standard InChI is InChI=1S/C13H9BrClN3/c14-13-3-1-2-10(18-13)8-17-12-6-9(7-16)4-5-11(12)15/h1-6,17H,8H2. The molecule has 0 fully saturated rings. The highest BCUT2D eigenvalue weighted by Gasteiger charge is 2.02. The highest BCUT2D eigenvalue weighted by molar-refractivity contribution is 9.10. The van der Waals surface area contributed by atoms with Crippen LogP contribution < -0.4 is 5.32 Å². The molecule has 1 aromatic heterocycles. The monoisotopic (exact) mass is 321 g/mol. The van der Waals surface area contributed by atoms with Gasteiger partial charge in [-0.2, -0.15) is 5.26 Å². The third-order valence-electron chi connectivity index (χ3n) is 2.33. The van der Waals surface area contributed by atoms with Gasteiger partial charge in [0, 0.05) is 0 Å². The van der Waals surface area contributed by atoms with Crippen LogP contribution >= 0.6 is 27.5 Å². The summed E-state index contributed by atoms with van der Waals surface area (Å²) in [6.07, 6.45) is 0. The van der Waals surface area contributed by atoms with Crippen LogP contribution in [0, 0.1) is 11.3 Å². The van der Waals surface area contributed by atoms with E-state index in [1.165, 1.54) is 0 Å².